The molecule has 0 saturated heterocycles. The van der Waals surface area contributed by atoms with Gasteiger partial charge in [0.1, 0.15) is 5.60 Å². The fourth-order valence-electron chi connectivity index (χ4n) is 1.69. The number of hydrogen-bond donors (Lipinski definition) is 2. The molecule has 4 heteroatoms. The fraction of sp³-hybridized carbons (Fsp3) is 0.917. The molecule has 0 spiro atoms. The summed E-state index contributed by atoms with van der Waals surface area (Å²) < 4.78 is 5.19. The van der Waals surface area contributed by atoms with Crippen LogP contribution >= 0.6 is 0 Å². The van der Waals surface area contributed by atoms with Gasteiger partial charge in [0.2, 0.25) is 0 Å². The maximum absolute atomic E-state index is 11.5. The molecule has 16 heavy (non-hydrogen) atoms. The molecular formula is C12H24N2O2. The second kappa shape index (κ2) is 4.62. The second-order valence-corrected chi connectivity index (χ2v) is 5.93. The molecule has 1 aliphatic rings. The van der Waals surface area contributed by atoms with Crippen LogP contribution in [0.2, 0.25) is 0 Å². The third kappa shape index (κ3) is 4.84. The normalized spacial score (nSPS) is 18.4. The molecule has 4 nitrogen and oxygen atoms in total. The summed E-state index contributed by atoms with van der Waals surface area (Å²) in [6, 6.07) is 0.447. The molecule has 94 valence electrons. The third-order valence-corrected chi connectivity index (χ3v) is 2.42. The Bertz CT molecular complexity index is 252. The van der Waals surface area contributed by atoms with Crippen LogP contribution in [0.3, 0.4) is 0 Å². The highest BCUT2D eigenvalue weighted by molar-refractivity contribution is 5.67. The Labute approximate surface area is 98.1 Å². The highest BCUT2D eigenvalue weighted by Crippen LogP contribution is 2.35. The van der Waals surface area contributed by atoms with E-state index in [0.29, 0.717) is 12.6 Å². The Balaban J connectivity index is 2.27. The van der Waals surface area contributed by atoms with Crippen molar-refractivity contribution in [1.82, 2.24) is 10.6 Å². The quantitative estimate of drug-likeness (QED) is 0.774. The lowest BCUT2D eigenvalue weighted by Gasteiger charge is -2.23. The fourth-order valence-corrected chi connectivity index (χ4v) is 1.69. The molecule has 0 aromatic rings. The lowest BCUT2D eigenvalue weighted by atomic mass is 10.2. The van der Waals surface area contributed by atoms with Gasteiger partial charge in [-0.25, -0.2) is 4.79 Å². The lowest BCUT2D eigenvalue weighted by Crippen LogP contribution is -2.46. The van der Waals surface area contributed by atoms with Crippen molar-refractivity contribution in [3.63, 3.8) is 0 Å². The van der Waals surface area contributed by atoms with Crippen LogP contribution in [0.25, 0.3) is 0 Å². The Morgan fingerprint density at radius 3 is 2.31 bits per heavy atom. The van der Waals surface area contributed by atoms with E-state index < -0.39 is 5.60 Å². The van der Waals surface area contributed by atoms with Crippen LogP contribution in [0.4, 0.5) is 4.79 Å². The van der Waals surface area contributed by atoms with Crippen molar-refractivity contribution in [2.75, 3.05) is 6.54 Å². The maximum atomic E-state index is 11.5. The van der Waals surface area contributed by atoms with Crippen molar-refractivity contribution in [3.8, 4) is 0 Å². The number of rotatable bonds is 4. The monoisotopic (exact) mass is 228 g/mol. The summed E-state index contributed by atoms with van der Waals surface area (Å²) in [6.45, 7) is 10.5. The highest BCUT2D eigenvalue weighted by Gasteiger charge is 2.43. The zero-order valence-corrected chi connectivity index (χ0v) is 11.0. The van der Waals surface area contributed by atoms with Gasteiger partial charge in [-0.2, -0.15) is 0 Å². The molecule has 1 aliphatic carbocycles. The smallest absolute Gasteiger partial charge is 0.407 e. The number of ether oxygens (including phenoxy) is 1. The summed E-state index contributed by atoms with van der Waals surface area (Å²) in [5.74, 6) is 0. The molecule has 0 aromatic carbocycles. The van der Waals surface area contributed by atoms with Gasteiger partial charge in [-0.05, 0) is 33.6 Å². The minimum Gasteiger partial charge on any atom is -0.444 e. The number of carbonyl (C=O) groups excluding carboxylic acids is 1. The van der Waals surface area contributed by atoms with Crippen LogP contribution in [0.15, 0.2) is 0 Å². The van der Waals surface area contributed by atoms with Crippen LogP contribution in [-0.2, 0) is 4.74 Å². The van der Waals surface area contributed by atoms with Crippen molar-refractivity contribution in [2.45, 2.75) is 64.6 Å². The van der Waals surface area contributed by atoms with Gasteiger partial charge in [0.25, 0.3) is 0 Å². The zero-order valence-electron chi connectivity index (χ0n) is 11.0. The van der Waals surface area contributed by atoms with E-state index >= 15 is 0 Å². The third-order valence-electron chi connectivity index (χ3n) is 2.42. The molecule has 1 saturated carbocycles. The Morgan fingerprint density at radius 1 is 1.38 bits per heavy atom. The summed E-state index contributed by atoms with van der Waals surface area (Å²) in [5, 5.41) is 6.30. The first-order valence-electron chi connectivity index (χ1n) is 5.97. The molecule has 0 radical (unpaired) electrons. The average Bonchev–Trinajstić information content (AvgIpc) is 2.78. The minimum absolute atomic E-state index is 0.116. The van der Waals surface area contributed by atoms with Gasteiger partial charge in [-0.3, -0.25) is 0 Å². The number of hydrogen-bond acceptors (Lipinski definition) is 3. The lowest BCUT2D eigenvalue weighted by molar-refractivity contribution is 0.0519. The molecule has 0 aliphatic heterocycles. The summed E-state index contributed by atoms with van der Waals surface area (Å²) in [7, 11) is 0. The largest absolute Gasteiger partial charge is 0.444 e. The Hall–Kier alpha value is -0.770. The summed E-state index contributed by atoms with van der Waals surface area (Å²) in [6.07, 6.45) is 1.92. The van der Waals surface area contributed by atoms with Crippen molar-refractivity contribution in [1.29, 1.82) is 0 Å². The molecule has 0 unspecified atom stereocenters. The molecule has 1 rings (SSSR count). The summed E-state index contributed by atoms with van der Waals surface area (Å²) in [4.78, 5) is 11.5. The standard InChI is InChI=1S/C12H24N2O2/c1-9(2)14-12(6-7-12)8-13-10(15)16-11(3,4)5/h9,14H,6-8H2,1-5H3,(H,13,15). The van der Waals surface area contributed by atoms with Gasteiger partial charge in [-0.1, -0.05) is 13.8 Å². The van der Waals surface area contributed by atoms with Crippen LogP contribution in [0.5, 0.6) is 0 Å². The van der Waals surface area contributed by atoms with E-state index in [0.717, 1.165) is 12.8 Å². The number of nitrogens with one attached hydrogen (secondary N) is 2. The van der Waals surface area contributed by atoms with E-state index in [1.807, 2.05) is 20.8 Å². The van der Waals surface area contributed by atoms with Gasteiger partial charge in [0.15, 0.2) is 0 Å². The number of amides is 1. The molecule has 0 aromatic heterocycles. The van der Waals surface area contributed by atoms with Gasteiger partial charge >= 0.3 is 6.09 Å². The second-order valence-electron chi connectivity index (χ2n) is 5.93. The SMILES string of the molecule is CC(C)NC1(CNC(=O)OC(C)(C)C)CC1. The van der Waals surface area contributed by atoms with E-state index in [1.54, 1.807) is 0 Å². The first-order valence-corrected chi connectivity index (χ1v) is 5.97. The van der Waals surface area contributed by atoms with Crippen molar-refractivity contribution < 1.29 is 9.53 Å². The van der Waals surface area contributed by atoms with Gasteiger partial charge < -0.3 is 15.4 Å². The summed E-state index contributed by atoms with van der Waals surface area (Å²) in [5.41, 5.74) is -0.308. The van der Waals surface area contributed by atoms with E-state index in [1.165, 1.54) is 0 Å². The average molecular weight is 228 g/mol. The van der Waals surface area contributed by atoms with Crippen LogP contribution < -0.4 is 10.6 Å². The van der Waals surface area contributed by atoms with Gasteiger partial charge in [0, 0.05) is 18.1 Å². The highest BCUT2D eigenvalue weighted by atomic mass is 16.6. The molecule has 2 N–H and O–H groups in total. The molecule has 0 atom stereocenters. The van der Waals surface area contributed by atoms with Crippen molar-refractivity contribution >= 4 is 6.09 Å². The first kappa shape index (κ1) is 13.3. The predicted molar refractivity (Wildman–Crippen MR) is 64.5 cm³/mol. The van der Waals surface area contributed by atoms with Crippen molar-refractivity contribution in [2.24, 2.45) is 0 Å². The first-order chi connectivity index (χ1) is 7.22. The topological polar surface area (TPSA) is 50.4 Å². The summed E-state index contributed by atoms with van der Waals surface area (Å²) >= 11 is 0. The zero-order chi connectivity index (χ0) is 12.4. The van der Waals surface area contributed by atoms with Crippen molar-refractivity contribution in [3.05, 3.63) is 0 Å². The number of alkyl carbamates (subject to hydrolysis) is 1. The van der Waals surface area contributed by atoms with E-state index in [4.69, 9.17) is 4.74 Å². The Morgan fingerprint density at radius 2 is 1.94 bits per heavy atom. The van der Waals surface area contributed by atoms with Crippen LogP contribution in [-0.4, -0.2) is 29.8 Å². The van der Waals surface area contributed by atoms with Gasteiger partial charge in [-0.15, -0.1) is 0 Å². The maximum Gasteiger partial charge on any atom is 0.407 e. The van der Waals surface area contributed by atoms with Gasteiger partial charge in [0.05, 0.1) is 0 Å². The molecular weight excluding hydrogens is 204 g/mol. The molecule has 0 bridgehead atoms. The van der Waals surface area contributed by atoms with E-state index in [9.17, 15) is 4.79 Å². The minimum atomic E-state index is -0.424. The van der Waals surface area contributed by atoms with E-state index in [-0.39, 0.29) is 11.6 Å². The number of carbonyl (C=O) groups is 1. The van der Waals surface area contributed by atoms with Crippen LogP contribution in [0, 0.1) is 0 Å². The molecule has 0 heterocycles. The van der Waals surface area contributed by atoms with E-state index in [2.05, 4.69) is 24.5 Å². The van der Waals surface area contributed by atoms with Crippen LogP contribution in [0.1, 0.15) is 47.5 Å². The molecule has 1 fully saturated rings. The Kier molecular flexibility index (Phi) is 3.84. The predicted octanol–water partition coefficient (Wildman–Crippen LogP) is 2.04. The molecule has 1 amide bonds.